The molecule has 2 aromatic carbocycles. The molecule has 33 heavy (non-hydrogen) atoms. The van der Waals surface area contributed by atoms with Gasteiger partial charge in [0.2, 0.25) is 5.89 Å². The van der Waals surface area contributed by atoms with Gasteiger partial charge in [0, 0.05) is 27.9 Å². The fourth-order valence-corrected chi connectivity index (χ4v) is 3.69. The van der Waals surface area contributed by atoms with E-state index >= 15 is 0 Å². The number of oxazole rings is 1. The lowest BCUT2D eigenvalue weighted by Crippen LogP contribution is -2.04. The minimum atomic E-state index is -0.462. The molecule has 0 aliphatic carbocycles. The third-order valence-corrected chi connectivity index (χ3v) is 5.73. The van der Waals surface area contributed by atoms with Crippen molar-refractivity contribution in [1.29, 1.82) is 0 Å². The van der Waals surface area contributed by atoms with E-state index in [9.17, 15) is 4.79 Å². The van der Waals surface area contributed by atoms with E-state index in [1.54, 1.807) is 13.0 Å². The van der Waals surface area contributed by atoms with Crippen molar-refractivity contribution >= 4 is 23.6 Å². The van der Waals surface area contributed by atoms with Crippen LogP contribution in [-0.2, 0) is 22.7 Å². The Morgan fingerprint density at radius 1 is 1.09 bits per heavy atom. The molecule has 168 valence electrons. The molecular formula is C26H24ClN3O3. The summed E-state index contributed by atoms with van der Waals surface area (Å²) in [7, 11) is 0. The molecule has 7 heteroatoms. The van der Waals surface area contributed by atoms with Gasteiger partial charge in [-0.2, -0.15) is 5.10 Å². The minimum absolute atomic E-state index is 0.0368. The Morgan fingerprint density at radius 3 is 2.58 bits per heavy atom. The van der Waals surface area contributed by atoms with Crippen LogP contribution in [0.5, 0.6) is 0 Å². The number of nitrogens with zero attached hydrogens (tertiary/aromatic N) is 3. The third-order valence-electron chi connectivity index (χ3n) is 5.37. The van der Waals surface area contributed by atoms with E-state index in [2.05, 4.69) is 10.1 Å². The van der Waals surface area contributed by atoms with Gasteiger partial charge in [0.25, 0.3) is 0 Å². The van der Waals surface area contributed by atoms with Crippen LogP contribution < -0.4 is 0 Å². The molecule has 2 heterocycles. The molecule has 0 aliphatic heterocycles. The third kappa shape index (κ3) is 5.23. The fourth-order valence-electron chi connectivity index (χ4n) is 3.50. The van der Waals surface area contributed by atoms with Crippen molar-refractivity contribution in [3.05, 3.63) is 99.7 Å². The molecule has 0 saturated heterocycles. The molecule has 0 fully saturated rings. The molecule has 0 radical (unpaired) electrons. The smallest absolute Gasteiger partial charge is 0.331 e. The van der Waals surface area contributed by atoms with Crippen LogP contribution >= 0.6 is 11.6 Å². The lowest BCUT2D eigenvalue weighted by atomic mass is 10.1. The number of aryl methyl sites for hydroxylation is 2. The first kappa shape index (κ1) is 22.6. The monoisotopic (exact) mass is 461 g/mol. The van der Waals surface area contributed by atoms with Crippen molar-refractivity contribution in [3.8, 4) is 11.5 Å². The Kier molecular flexibility index (Phi) is 6.75. The minimum Gasteiger partial charge on any atom is -0.456 e. The van der Waals surface area contributed by atoms with Gasteiger partial charge < -0.3 is 9.15 Å². The molecule has 0 unspecified atom stereocenters. The zero-order valence-corrected chi connectivity index (χ0v) is 19.5. The van der Waals surface area contributed by atoms with E-state index in [0.29, 0.717) is 28.9 Å². The van der Waals surface area contributed by atoms with Crippen LogP contribution in [0.3, 0.4) is 0 Å². The first-order valence-corrected chi connectivity index (χ1v) is 10.9. The molecule has 0 amide bonds. The van der Waals surface area contributed by atoms with E-state index in [1.807, 2.05) is 73.1 Å². The maximum Gasteiger partial charge on any atom is 0.331 e. The molecule has 0 atom stereocenters. The average molecular weight is 462 g/mol. The second-order valence-corrected chi connectivity index (χ2v) is 8.07. The van der Waals surface area contributed by atoms with E-state index < -0.39 is 5.97 Å². The summed E-state index contributed by atoms with van der Waals surface area (Å²) >= 11 is 6.28. The Labute approximate surface area is 197 Å². The molecule has 0 bridgehead atoms. The summed E-state index contributed by atoms with van der Waals surface area (Å²) in [5.74, 6) is 0.668. The van der Waals surface area contributed by atoms with E-state index in [-0.39, 0.29) is 6.61 Å². The SMILES string of the molecule is Cc1nn(Cc2ccccc2Cl)c(C)c1/C=C/C(=O)OCc1nc(-c2ccccc2)oc1C. The van der Waals surface area contributed by atoms with Crippen molar-refractivity contribution in [2.24, 2.45) is 0 Å². The highest BCUT2D eigenvalue weighted by Gasteiger charge is 2.14. The predicted octanol–water partition coefficient (Wildman–Crippen LogP) is 5.92. The quantitative estimate of drug-likeness (QED) is 0.252. The van der Waals surface area contributed by atoms with Gasteiger partial charge in [-0.25, -0.2) is 9.78 Å². The number of hydrogen-bond donors (Lipinski definition) is 0. The van der Waals surface area contributed by atoms with Crippen LogP contribution in [0, 0.1) is 20.8 Å². The molecule has 6 nitrogen and oxygen atoms in total. The van der Waals surface area contributed by atoms with E-state index in [1.165, 1.54) is 6.08 Å². The molecule has 4 aromatic rings. The zero-order chi connectivity index (χ0) is 23.4. The molecule has 4 rings (SSSR count). The average Bonchev–Trinajstić information content (AvgIpc) is 3.31. The van der Waals surface area contributed by atoms with Gasteiger partial charge in [0.1, 0.15) is 18.1 Å². The van der Waals surface area contributed by atoms with E-state index in [0.717, 1.165) is 28.1 Å². The van der Waals surface area contributed by atoms with Crippen LogP contribution in [0.25, 0.3) is 17.5 Å². The zero-order valence-electron chi connectivity index (χ0n) is 18.7. The van der Waals surface area contributed by atoms with Gasteiger partial charge in [0.15, 0.2) is 0 Å². The van der Waals surface area contributed by atoms with Crippen LogP contribution in [0.15, 0.2) is 65.1 Å². The van der Waals surface area contributed by atoms with Crippen LogP contribution in [0.1, 0.15) is 34.0 Å². The topological polar surface area (TPSA) is 70.2 Å². The number of carbonyl (C=O) groups excluding carboxylic acids is 1. The summed E-state index contributed by atoms with van der Waals surface area (Å²) in [6, 6.07) is 17.3. The largest absolute Gasteiger partial charge is 0.456 e. The number of esters is 1. The first-order valence-electron chi connectivity index (χ1n) is 10.6. The number of ether oxygens (including phenoxy) is 1. The van der Waals surface area contributed by atoms with Crippen molar-refractivity contribution in [2.45, 2.75) is 33.9 Å². The highest BCUT2D eigenvalue weighted by Crippen LogP contribution is 2.22. The summed E-state index contributed by atoms with van der Waals surface area (Å²) in [5, 5.41) is 5.29. The number of halogens is 1. The number of rotatable bonds is 7. The summed E-state index contributed by atoms with van der Waals surface area (Å²) in [6.07, 6.45) is 3.14. The number of hydrogen-bond acceptors (Lipinski definition) is 5. The lowest BCUT2D eigenvalue weighted by Gasteiger charge is -2.06. The summed E-state index contributed by atoms with van der Waals surface area (Å²) in [5.41, 5.74) is 5.09. The molecule has 0 saturated carbocycles. The van der Waals surface area contributed by atoms with Crippen LogP contribution in [-0.4, -0.2) is 20.7 Å². The number of benzene rings is 2. The van der Waals surface area contributed by atoms with Gasteiger partial charge in [-0.1, -0.05) is 48.0 Å². The molecule has 0 spiro atoms. The van der Waals surface area contributed by atoms with Gasteiger partial charge in [-0.05, 0) is 50.6 Å². The Hall–Kier alpha value is -3.64. The molecular weight excluding hydrogens is 438 g/mol. The van der Waals surface area contributed by atoms with Crippen molar-refractivity contribution < 1.29 is 13.9 Å². The second-order valence-electron chi connectivity index (χ2n) is 7.66. The Balaban J connectivity index is 1.41. The van der Waals surface area contributed by atoms with Crippen molar-refractivity contribution in [3.63, 3.8) is 0 Å². The molecule has 0 N–H and O–H groups in total. The Morgan fingerprint density at radius 2 is 1.82 bits per heavy atom. The van der Waals surface area contributed by atoms with Gasteiger partial charge in [0.05, 0.1) is 12.2 Å². The summed E-state index contributed by atoms with van der Waals surface area (Å²) in [6.45, 7) is 6.27. The van der Waals surface area contributed by atoms with Gasteiger partial charge in [-0.3, -0.25) is 4.68 Å². The fraction of sp³-hybridized carbons (Fsp3) is 0.192. The standard InChI is InChI=1S/C26H24ClN3O3/c1-17-22(18(2)30(29-17)15-21-11-7-8-12-23(21)27)13-14-25(31)32-16-24-19(3)33-26(28-24)20-9-5-4-6-10-20/h4-14H,15-16H2,1-3H3/b14-13+. The highest BCUT2D eigenvalue weighted by atomic mass is 35.5. The Bertz CT molecular complexity index is 1310. The van der Waals surface area contributed by atoms with Crippen molar-refractivity contribution in [1.82, 2.24) is 14.8 Å². The van der Waals surface area contributed by atoms with Crippen LogP contribution in [0.4, 0.5) is 0 Å². The predicted molar refractivity (Wildman–Crippen MR) is 128 cm³/mol. The summed E-state index contributed by atoms with van der Waals surface area (Å²) in [4.78, 5) is 16.8. The molecule has 0 aliphatic rings. The number of aromatic nitrogens is 3. The maximum absolute atomic E-state index is 12.3. The number of carbonyl (C=O) groups is 1. The van der Waals surface area contributed by atoms with E-state index in [4.69, 9.17) is 20.8 Å². The van der Waals surface area contributed by atoms with Gasteiger partial charge >= 0.3 is 5.97 Å². The normalized spacial score (nSPS) is 11.3. The highest BCUT2D eigenvalue weighted by molar-refractivity contribution is 6.31. The maximum atomic E-state index is 12.3. The van der Waals surface area contributed by atoms with Gasteiger partial charge in [-0.15, -0.1) is 0 Å². The first-order chi connectivity index (χ1) is 15.9. The summed E-state index contributed by atoms with van der Waals surface area (Å²) < 4.78 is 13.0. The van der Waals surface area contributed by atoms with Crippen molar-refractivity contribution in [2.75, 3.05) is 0 Å². The van der Waals surface area contributed by atoms with Crippen LogP contribution in [0.2, 0.25) is 5.02 Å². The second kappa shape index (κ2) is 9.88. The molecule has 2 aromatic heterocycles. The lowest BCUT2D eigenvalue weighted by molar-refractivity contribution is -0.139.